The van der Waals surface area contributed by atoms with Crippen molar-refractivity contribution in [3.05, 3.63) is 58.3 Å². The monoisotopic (exact) mass is 284 g/mol. The van der Waals surface area contributed by atoms with Crippen LogP contribution in [0.25, 0.3) is 5.69 Å². The van der Waals surface area contributed by atoms with Crippen LogP contribution in [0.3, 0.4) is 0 Å². The molecule has 0 bridgehead atoms. The van der Waals surface area contributed by atoms with Crippen LogP contribution in [0.4, 0.5) is 5.95 Å². The number of thiazole rings is 1. The van der Waals surface area contributed by atoms with Crippen LogP contribution in [0, 0.1) is 13.8 Å². The first-order valence-electron chi connectivity index (χ1n) is 6.48. The maximum atomic E-state index is 4.54. The molecule has 20 heavy (non-hydrogen) atoms. The summed E-state index contributed by atoms with van der Waals surface area (Å²) in [5, 5.41) is 6.50. The van der Waals surface area contributed by atoms with Crippen molar-refractivity contribution in [2.24, 2.45) is 0 Å². The van der Waals surface area contributed by atoms with Crippen molar-refractivity contribution in [1.82, 2.24) is 14.5 Å². The van der Waals surface area contributed by atoms with Crippen molar-refractivity contribution in [2.75, 3.05) is 5.32 Å². The summed E-state index contributed by atoms with van der Waals surface area (Å²) in [6.45, 7) is 4.70. The van der Waals surface area contributed by atoms with Crippen LogP contribution in [0.1, 0.15) is 16.4 Å². The summed E-state index contributed by atoms with van der Waals surface area (Å²) in [7, 11) is 0. The van der Waals surface area contributed by atoms with E-state index in [1.165, 1.54) is 0 Å². The zero-order valence-electron chi connectivity index (χ0n) is 11.5. The van der Waals surface area contributed by atoms with Crippen molar-refractivity contribution in [1.29, 1.82) is 0 Å². The summed E-state index contributed by atoms with van der Waals surface area (Å²) in [6.07, 6.45) is 2.03. The molecule has 0 fully saturated rings. The first kappa shape index (κ1) is 12.9. The minimum absolute atomic E-state index is 0.696. The zero-order valence-corrected chi connectivity index (χ0v) is 12.3. The van der Waals surface area contributed by atoms with Gasteiger partial charge in [-0.3, -0.25) is 4.57 Å². The predicted molar refractivity (Wildman–Crippen MR) is 82.5 cm³/mol. The van der Waals surface area contributed by atoms with E-state index in [1.54, 1.807) is 11.3 Å². The molecule has 2 aromatic heterocycles. The van der Waals surface area contributed by atoms with Gasteiger partial charge in [-0.25, -0.2) is 9.97 Å². The van der Waals surface area contributed by atoms with E-state index in [4.69, 9.17) is 0 Å². The largest absolute Gasteiger partial charge is 0.349 e. The third-order valence-corrected chi connectivity index (χ3v) is 3.89. The third kappa shape index (κ3) is 2.72. The summed E-state index contributed by atoms with van der Waals surface area (Å²) >= 11 is 1.67. The molecule has 0 saturated heterocycles. The van der Waals surface area contributed by atoms with Gasteiger partial charge in [-0.1, -0.05) is 18.2 Å². The standard InChI is InChI=1S/C15H16N4S/c1-11-9-19(13-6-4-3-5-7-13)15(18-11)16-8-14-17-12(2)10-20-14/h3-7,9-10H,8H2,1-2H3,(H,16,18). The van der Waals surface area contributed by atoms with E-state index in [0.717, 1.165) is 28.0 Å². The van der Waals surface area contributed by atoms with E-state index in [9.17, 15) is 0 Å². The molecule has 4 nitrogen and oxygen atoms in total. The highest BCUT2D eigenvalue weighted by atomic mass is 32.1. The number of nitrogens with zero attached hydrogens (tertiary/aromatic N) is 3. The lowest BCUT2D eigenvalue weighted by Crippen LogP contribution is -2.05. The lowest BCUT2D eigenvalue weighted by Gasteiger charge is -2.08. The zero-order chi connectivity index (χ0) is 13.9. The summed E-state index contributed by atoms with van der Waals surface area (Å²) in [6, 6.07) is 10.2. The third-order valence-electron chi connectivity index (χ3n) is 2.93. The van der Waals surface area contributed by atoms with E-state index < -0.39 is 0 Å². The molecule has 0 amide bonds. The Hall–Kier alpha value is -2.14. The number of para-hydroxylation sites is 1. The van der Waals surface area contributed by atoms with Gasteiger partial charge in [-0.05, 0) is 26.0 Å². The lowest BCUT2D eigenvalue weighted by atomic mass is 10.3. The van der Waals surface area contributed by atoms with Crippen molar-refractivity contribution < 1.29 is 0 Å². The molecule has 0 radical (unpaired) electrons. The number of anilines is 1. The molecule has 1 N–H and O–H groups in total. The summed E-state index contributed by atoms with van der Waals surface area (Å²) in [4.78, 5) is 8.99. The topological polar surface area (TPSA) is 42.7 Å². The molecule has 3 aromatic rings. The van der Waals surface area contributed by atoms with Crippen LogP contribution in [0.5, 0.6) is 0 Å². The second-order valence-corrected chi connectivity index (χ2v) is 5.59. The Kier molecular flexibility index (Phi) is 3.52. The van der Waals surface area contributed by atoms with Gasteiger partial charge in [0.25, 0.3) is 0 Å². The van der Waals surface area contributed by atoms with Crippen LogP contribution < -0.4 is 5.32 Å². The van der Waals surface area contributed by atoms with Crippen LogP contribution in [0.15, 0.2) is 41.9 Å². The Labute approximate surface area is 122 Å². The van der Waals surface area contributed by atoms with Gasteiger partial charge < -0.3 is 5.32 Å². The fraction of sp³-hybridized carbons (Fsp3) is 0.200. The second kappa shape index (κ2) is 5.46. The van der Waals surface area contributed by atoms with Gasteiger partial charge >= 0.3 is 0 Å². The van der Waals surface area contributed by atoms with Gasteiger partial charge in [0, 0.05) is 23.0 Å². The minimum atomic E-state index is 0.696. The minimum Gasteiger partial charge on any atom is -0.349 e. The number of hydrogen-bond acceptors (Lipinski definition) is 4. The number of aromatic nitrogens is 3. The van der Waals surface area contributed by atoms with E-state index in [1.807, 2.05) is 38.2 Å². The van der Waals surface area contributed by atoms with Crippen molar-refractivity contribution >= 4 is 17.3 Å². The quantitative estimate of drug-likeness (QED) is 0.796. The fourth-order valence-corrected chi connectivity index (χ4v) is 2.76. The Morgan fingerprint density at radius 1 is 1.10 bits per heavy atom. The highest BCUT2D eigenvalue weighted by Gasteiger charge is 2.08. The molecule has 1 aromatic carbocycles. The van der Waals surface area contributed by atoms with E-state index in [0.29, 0.717) is 6.54 Å². The normalized spacial score (nSPS) is 10.7. The number of rotatable bonds is 4. The van der Waals surface area contributed by atoms with Crippen LogP contribution >= 0.6 is 11.3 Å². The Balaban J connectivity index is 1.83. The van der Waals surface area contributed by atoms with Crippen LogP contribution in [0.2, 0.25) is 0 Å². The summed E-state index contributed by atoms with van der Waals surface area (Å²) < 4.78 is 2.07. The van der Waals surface area contributed by atoms with Crippen LogP contribution in [-0.4, -0.2) is 14.5 Å². The molecule has 0 aliphatic heterocycles. The number of hydrogen-bond donors (Lipinski definition) is 1. The maximum Gasteiger partial charge on any atom is 0.208 e. The summed E-state index contributed by atoms with van der Waals surface area (Å²) in [5.41, 5.74) is 3.16. The number of benzene rings is 1. The molecule has 0 aliphatic carbocycles. The molecule has 5 heteroatoms. The highest BCUT2D eigenvalue weighted by Crippen LogP contribution is 2.18. The van der Waals surface area contributed by atoms with Crippen molar-refractivity contribution in [3.8, 4) is 5.69 Å². The van der Waals surface area contributed by atoms with Gasteiger partial charge in [0.2, 0.25) is 5.95 Å². The Bertz CT molecular complexity index is 700. The molecular weight excluding hydrogens is 268 g/mol. The molecule has 0 aliphatic rings. The Morgan fingerprint density at radius 2 is 1.90 bits per heavy atom. The van der Waals surface area contributed by atoms with E-state index >= 15 is 0 Å². The predicted octanol–water partition coefficient (Wildman–Crippen LogP) is 3.56. The second-order valence-electron chi connectivity index (χ2n) is 4.65. The van der Waals surface area contributed by atoms with Gasteiger partial charge in [0.15, 0.2) is 0 Å². The average Bonchev–Trinajstić information content (AvgIpc) is 3.03. The molecule has 0 saturated carbocycles. The van der Waals surface area contributed by atoms with Gasteiger partial charge in [0.05, 0.1) is 12.2 Å². The van der Waals surface area contributed by atoms with Gasteiger partial charge in [-0.2, -0.15) is 0 Å². The number of imidazole rings is 1. The number of nitrogens with one attached hydrogen (secondary N) is 1. The van der Waals surface area contributed by atoms with Crippen molar-refractivity contribution in [3.63, 3.8) is 0 Å². The smallest absolute Gasteiger partial charge is 0.208 e. The molecule has 0 atom stereocenters. The molecule has 3 rings (SSSR count). The molecular formula is C15H16N4S. The molecule has 2 heterocycles. The van der Waals surface area contributed by atoms with E-state index in [2.05, 4.69) is 37.4 Å². The fourth-order valence-electron chi connectivity index (χ4n) is 2.05. The molecule has 102 valence electrons. The first-order chi connectivity index (χ1) is 9.72. The first-order valence-corrected chi connectivity index (χ1v) is 7.36. The van der Waals surface area contributed by atoms with Gasteiger partial charge in [0.1, 0.15) is 5.01 Å². The SMILES string of the molecule is Cc1csc(CNc2nc(C)cn2-c2ccccc2)n1. The van der Waals surface area contributed by atoms with Crippen LogP contribution in [-0.2, 0) is 6.54 Å². The Morgan fingerprint density at radius 3 is 2.60 bits per heavy atom. The highest BCUT2D eigenvalue weighted by molar-refractivity contribution is 7.09. The average molecular weight is 284 g/mol. The molecule has 0 unspecified atom stereocenters. The summed E-state index contributed by atoms with van der Waals surface area (Å²) in [5.74, 6) is 0.849. The van der Waals surface area contributed by atoms with Crippen molar-refractivity contribution in [2.45, 2.75) is 20.4 Å². The lowest BCUT2D eigenvalue weighted by molar-refractivity contribution is 0.989. The van der Waals surface area contributed by atoms with E-state index in [-0.39, 0.29) is 0 Å². The molecule has 0 spiro atoms. The number of aryl methyl sites for hydroxylation is 2. The maximum absolute atomic E-state index is 4.54. The van der Waals surface area contributed by atoms with Gasteiger partial charge in [-0.15, -0.1) is 11.3 Å².